The van der Waals surface area contributed by atoms with E-state index in [1.54, 1.807) is 6.92 Å². The van der Waals surface area contributed by atoms with Gasteiger partial charge in [-0.05, 0) is 21.0 Å². The highest BCUT2D eigenvalue weighted by molar-refractivity contribution is 5.87. The van der Waals surface area contributed by atoms with E-state index < -0.39 is 0 Å². The zero-order valence-electron chi connectivity index (χ0n) is 9.46. The average Bonchev–Trinajstić information content (AvgIpc) is 2.21. The van der Waals surface area contributed by atoms with Crippen molar-refractivity contribution in [1.82, 2.24) is 10.2 Å². The van der Waals surface area contributed by atoms with Crippen LogP contribution in [0.5, 0.6) is 0 Å². The molecule has 0 aromatic carbocycles. The van der Waals surface area contributed by atoms with E-state index in [9.17, 15) is 4.79 Å². The lowest BCUT2D eigenvalue weighted by atomic mass is 10.3. The summed E-state index contributed by atoms with van der Waals surface area (Å²) in [5, 5.41) is 3.07. The second kappa shape index (κ2) is 7.53. The molecule has 0 spiro atoms. The van der Waals surface area contributed by atoms with Gasteiger partial charge in [-0.15, -0.1) is 0 Å². The highest BCUT2D eigenvalue weighted by atomic mass is 16.5. The Morgan fingerprint density at radius 1 is 1.57 bits per heavy atom. The fourth-order valence-electron chi connectivity index (χ4n) is 0.931. The quantitative estimate of drug-likeness (QED) is 0.493. The third kappa shape index (κ3) is 5.72. The van der Waals surface area contributed by atoms with Crippen molar-refractivity contribution < 1.29 is 9.53 Å². The summed E-state index contributed by atoms with van der Waals surface area (Å²) >= 11 is 0. The van der Waals surface area contributed by atoms with Crippen LogP contribution in [0.2, 0.25) is 0 Å². The van der Waals surface area contributed by atoms with Gasteiger partial charge in [0.25, 0.3) is 0 Å². The van der Waals surface area contributed by atoms with E-state index in [1.807, 2.05) is 20.2 Å². The first-order chi connectivity index (χ1) is 6.61. The van der Waals surface area contributed by atoms with Gasteiger partial charge in [0.05, 0.1) is 7.11 Å². The summed E-state index contributed by atoms with van der Waals surface area (Å²) in [6, 6.07) is 0. The number of rotatable bonds is 6. The minimum Gasteiger partial charge on any atom is -0.466 e. The van der Waals surface area contributed by atoms with Crippen molar-refractivity contribution in [3.63, 3.8) is 0 Å². The summed E-state index contributed by atoms with van der Waals surface area (Å²) in [6.45, 7) is 4.43. The molecule has 0 radical (unpaired) electrons. The van der Waals surface area contributed by atoms with Crippen molar-refractivity contribution in [2.75, 3.05) is 40.8 Å². The maximum atomic E-state index is 11.0. The molecule has 0 aromatic heterocycles. The van der Waals surface area contributed by atoms with Crippen LogP contribution in [-0.4, -0.2) is 51.7 Å². The van der Waals surface area contributed by atoms with Crippen LogP contribution in [0.25, 0.3) is 0 Å². The summed E-state index contributed by atoms with van der Waals surface area (Å²) in [7, 11) is 5.33. The van der Waals surface area contributed by atoms with Crippen LogP contribution >= 0.6 is 0 Å². The second-order valence-electron chi connectivity index (χ2n) is 3.24. The molecule has 0 aliphatic heterocycles. The van der Waals surface area contributed by atoms with E-state index in [0.717, 1.165) is 19.6 Å². The van der Waals surface area contributed by atoms with Crippen molar-refractivity contribution in [1.29, 1.82) is 0 Å². The Balaban J connectivity index is 3.83. The molecule has 0 fully saturated rings. The zero-order chi connectivity index (χ0) is 11.0. The molecule has 0 heterocycles. The zero-order valence-corrected chi connectivity index (χ0v) is 9.46. The number of methoxy groups -OCH3 is 1. The van der Waals surface area contributed by atoms with Crippen LogP contribution in [0, 0.1) is 0 Å². The smallest absolute Gasteiger partial charge is 0.333 e. The Labute approximate surface area is 85.9 Å². The third-order valence-corrected chi connectivity index (χ3v) is 1.96. The van der Waals surface area contributed by atoms with Gasteiger partial charge < -0.3 is 15.0 Å². The van der Waals surface area contributed by atoms with E-state index >= 15 is 0 Å². The van der Waals surface area contributed by atoms with E-state index in [-0.39, 0.29) is 5.97 Å². The molecule has 0 unspecified atom stereocenters. The van der Waals surface area contributed by atoms with Crippen molar-refractivity contribution in [2.45, 2.75) is 6.92 Å². The molecule has 4 nitrogen and oxygen atoms in total. The number of ether oxygens (including phenoxy) is 1. The lowest BCUT2D eigenvalue weighted by molar-refractivity contribution is -0.136. The van der Waals surface area contributed by atoms with Crippen molar-refractivity contribution in [2.24, 2.45) is 0 Å². The normalized spacial score (nSPS) is 11.9. The molecule has 0 atom stereocenters. The molecule has 1 N–H and O–H groups in total. The van der Waals surface area contributed by atoms with Crippen LogP contribution in [0.15, 0.2) is 11.6 Å². The van der Waals surface area contributed by atoms with E-state index in [4.69, 9.17) is 0 Å². The molecule has 82 valence electrons. The second-order valence-corrected chi connectivity index (χ2v) is 3.24. The molecular formula is C10H20N2O2. The third-order valence-electron chi connectivity index (χ3n) is 1.96. The molecular weight excluding hydrogens is 180 g/mol. The molecule has 0 aromatic rings. The first-order valence-corrected chi connectivity index (χ1v) is 4.70. The number of hydrogen-bond acceptors (Lipinski definition) is 4. The maximum Gasteiger partial charge on any atom is 0.333 e. The Bertz CT molecular complexity index is 202. The number of nitrogens with one attached hydrogen (secondary N) is 1. The van der Waals surface area contributed by atoms with Crippen LogP contribution in [0.3, 0.4) is 0 Å². The molecule has 0 rings (SSSR count). The first-order valence-electron chi connectivity index (χ1n) is 4.70. The van der Waals surface area contributed by atoms with Gasteiger partial charge in [-0.1, -0.05) is 6.08 Å². The monoisotopic (exact) mass is 200 g/mol. The van der Waals surface area contributed by atoms with Crippen LogP contribution in [-0.2, 0) is 9.53 Å². The maximum absolute atomic E-state index is 11.0. The molecule has 4 heteroatoms. The summed E-state index contributed by atoms with van der Waals surface area (Å²) in [6.07, 6.45) is 1.88. The standard InChI is InChI=1S/C10H20N2O2/c1-9(10(13)14-4)5-7-12(3)8-6-11-2/h5,11H,6-8H2,1-4H3. The van der Waals surface area contributed by atoms with Crippen molar-refractivity contribution in [3.05, 3.63) is 11.6 Å². The van der Waals surface area contributed by atoms with Crippen LogP contribution in [0.1, 0.15) is 6.92 Å². The Kier molecular flexibility index (Phi) is 7.06. The molecule has 14 heavy (non-hydrogen) atoms. The number of carbonyl (C=O) groups excluding carboxylic acids is 1. The first kappa shape index (κ1) is 13.1. The minimum absolute atomic E-state index is 0.257. The van der Waals surface area contributed by atoms with E-state index in [2.05, 4.69) is 15.0 Å². The number of hydrogen-bond donors (Lipinski definition) is 1. The predicted molar refractivity (Wildman–Crippen MR) is 57.2 cm³/mol. The molecule has 0 amide bonds. The summed E-state index contributed by atoms with van der Waals surface area (Å²) in [4.78, 5) is 13.1. The molecule has 0 saturated carbocycles. The minimum atomic E-state index is -0.257. The van der Waals surface area contributed by atoms with Crippen molar-refractivity contribution in [3.8, 4) is 0 Å². The highest BCUT2D eigenvalue weighted by Gasteiger charge is 2.02. The Hall–Kier alpha value is -0.870. The molecule has 0 bridgehead atoms. The Morgan fingerprint density at radius 2 is 2.21 bits per heavy atom. The van der Waals surface area contributed by atoms with Crippen molar-refractivity contribution >= 4 is 5.97 Å². The van der Waals surface area contributed by atoms with Gasteiger partial charge in [0, 0.05) is 25.2 Å². The molecule has 0 aliphatic carbocycles. The van der Waals surface area contributed by atoms with Gasteiger partial charge in [-0.3, -0.25) is 0 Å². The van der Waals surface area contributed by atoms with Gasteiger partial charge >= 0.3 is 5.97 Å². The predicted octanol–water partition coefficient (Wildman–Crippen LogP) is 0.257. The van der Waals surface area contributed by atoms with Gasteiger partial charge in [0.1, 0.15) is 0 Å². The molecule has 0 saturated heterocycles. The van der Waals surface area contributed by atoms with Crippen LogP contribution in [0.4, 0.5) is 0 Å². The fourth-order valence-corrected chi connectivity index (χ4v) is 0.931. The fraction of sp³-hybridized carbons (Fsp3) is 0.700. The van der Waals surface area contributed by atoms with Crippen LogP contribution < -0.4 is 5.32 Å². The lowest BCUT2D eigenvalue weighted by Crippen LogP contribution is -2.27. The van der Waals surface area contributed by atoms with Gasteiger partial charge in [0.15, 0.2) is 0 Å². The summed E-state index contributed by atoms with van der Waals surface area (Å²) in [5.41, 5.74) is 0.656. The van der Waals surface area contributed by atoms with E-state index in [1.165, 1.54) is 7.11 Å². The average molecular weight is 200 g/mol. The van der Waals surface area contributed by atoms with Gasteiger partial charge in [0.2, 0.25) is 0 Å². The number of nitrogens with zero attached hydrogens (tertiary/aromatic N) is 1. The summed E-state index contributed by atoms with van der Waals surface area (Å²) in [5.74, 6) is -0.257. The number of likely N-dealkylation sites (N-methyl/N-ethyl adjacent to an activating group) is 2. The van der Waals surface area contributed by atoms with Gasteiger partial charge in [-0.25, -0.2) is 4.79 Å². The number of esters is 1. The molecule has 0 aliphatic rings. The topological polar surface area (TPSA) is 41.6 Å². The number of carbonyl (C=O) groups is 1. The Morgan fingerprint density at radius 3 is 2.71 bits per heavy atom. The lowest BCUT2D eigenvalue weighted by Gasteiger charge is -2.13. The largest absolute Gasteiger partial charge is 0.466 e. The van der Waals surface area contributed by atoms with E-state index in [0.29, 0.717) is 5.57 Å². The SMILES string of the molecule is CNCCN(C)CC=C(C)C(=O)OC. The highest BCUT2D eigenvalue weighted by Crippen LogP contribution is 1.95. The van der Waals surface area contributed by atoms with Gasteiger partial charge in [-0.2, -0.15) is 0 Å². The summed E-state index contributed by atoms with van der Waals surface area (Å²) < 4.78 is 4.59.